The molecule has 0 radical (unpaired) electrons. The number of hydrogen-bond donors (Lipinski definition) is 2. The Hall–Kier alpha value is -3.66. The molecule has 3 aromatic rings. The SMILES string of the molecule is COc1cc(F)c(-c2c(F)ccc(C(=O)Nc3cnccc3OCC3CNC3)c2F)c(F)c1. The van der Waals surface area contributed by atoms with E-state index in [0.717, 1.165) is 37.4 Å². The number of nitrogens with zero attached hydrogens (tertiary/aromatic N) is 1. The minimum absolute atomic E-state index is 0.162. The molecule has 2 aromatic carbocycles. The highest BCUT2D eigenvalue weighted by Crippen LogP contribution is 2.35. The third-order valence-corrected chi connectivity index (χ3v) is 5.21. The Bertz CT molecular complexity index is 1180. The van der Waals surface area contributed by atoms with Gasteiger partial charge in [-0.1, -0.05) is 0 Å². The number of ether oxygens (including phenoxy) is 2. The van der Waals surface area contributed by atoms with Gasteiger partial charge in [-0.15, -0.1) is 0 Å². The predicted molar refractivity (Wildman–Crippen MR) is 112 cm³/mol. The summed E-state index contributed by atoms with van der Waals surface area (Å²) in [4.78, 5) is 16.7. The van der Waals surface area contributed by atoms with Crippen molar-refractivity contribution in [3.63, 3.8) is 0 Å². The van der Waals surface area contributed by atoms with Gasteiger partial charge in [0.2, 0.25) is 0 Å². The molecule has 172 valence electrons. The van der Waals surface area contributed by atoms with E-state index in [0.29, 0.717) is 18.3 Å². The standard InChI is InChI=1S/C23H19F4N3O3/c1-32-13-6-16(25)20(17(26)7-13)21-15(24)3-2-14(22(21)27)23(31)30-18-10-28-5-4-19(18)33-11-12-8-29-9-12/h2-7,10,12,29H,8-9,11H2,1H3,(H,30,31). The molecule has 0 spiro atoms. The molecule has 1 amide bonds. The van der Waals surface area contributed by atoms with Gasteiger partial charge in [-0.25, -0.2) is 17.6 Å². The average molecular weight is 461 g/mol. The number of hydrogen-bond acceptors (Lipinski definition) is 5. The monoisotopic (exact) mass is 461 g/mol. The van der Waals surface area contributed by atoms with E-state index in [1.54, 1.807) is 0 Å². The lowest BCUT2D eigenvalue weighted by molar-refractivity contribution is 0.102. The van der Waals surface area contributed by atoms with Gasteiger partial charge >= 0.3 is 0 Å². The van der Waals surface area contributed by atoms with Crippen molar-refractivity contribution in [2.75, 3.05) is 32.1 Å². The summed E-state index contributed by atoms with van der Waals surface area (Å²) < 4.78 is 69.1. The van der Waals surface area contributed by atoms with E-state index < -0.39 is 45.9 Å². The van der Waals surface area contributed by atoms with Crippen LogP contribution in [0.15, 0.2) is 42.7 Å². The number of carbonyl (C=O) groups excluding carboxylic acids is 1. The Morgan fingerprint density at radius 3 is 2.45 bits per heavy atom. The number of anilines is 1. The molecule has 6 nitrogen and oxygen atoms in total. The van der Waals surface area contributed by atoms with Crippen LogP contribution in [0.4, 0.5) is 23.2 Å². The normalized spacial score (nSPS) is 13.4. The van der Waals surface area contributed by atoms with Crippen molar-refractivity contribution in [1.82, 2.24) is 10.3 Å². The van der Waals surface area contributed by atoms with Gasteiger partial charge < -0.3 is 20.1 Å². The fourth-order valence-corrected chi connectivity index (χ4v) is 3.33. The Morgan fingerprint density at radius 2 is 1.82 bits per heavy atom. The third-order valence-electron chi connectivity index (χ3n) is 5.21. The van der Waals surface area contributed by atoms with Gasteiger partial charge in [-0.3, -0.25) is 9.78 Å². The first-order chi connectivity index (χ1) is 15.9. The van der Waals surface area contributed by atoms with Crippen LogP contribution >= 0.6 is 0 Å². The fourth-order valence-electron chi connectivity index (χ4n) is 3.33. The van der Waals surface area contributed by atoms with Gasteiger partial charge in [-0.2, -0.15) is 0 Å². The first kappa shape index (κ1) is 22.5. The summed E-state index contributed by atoms with van der Waals surface area (Å²) >= 11 is 0. The summed E-state index contributed by atoms with van der Waals surface area (Å²) in [6, 6.07) is 4.78. The highest BCUT2D eigenvalue weighted by Gasteiger charge is 2.26. The van der Waals surface area contributed by atoms with Crippen LogP contribution in [0.25, 0.3) is 11.1 Å². The van der Waals surface area contributed by atoms with Crippen molar-refractivity contribution >= 4 is 11.6 Å². The zero-order valence-electron chi connectivity index (χ0n) is 17.4. The second-order valence-electron chi connectivity index (χ2n) is 7.41. The van der Waals surface area contributed by atoms with Crippen LogP contribution in [0.2, 0.25) is 0 Å². The number of halogens is 4. The average Bonchev–Trinajstić information content (AvgIpc) is 2.75. The highest BCUT2D eigenvalue weighted by atomic mass is 19.1. The van der Waals surface area contributed by atoms with Crippen molar-refractivity contribution in [2.45, 2.75) is 0 Å². The number of pyridine rings is 1. The summed E-state index contributed by atoms with van der Waals surface area (Å²) in [6.07, 6.45) is 2.78. The zero-order valence-corrected chi connectivity index (χ0v) is 17.4. The molecule has 0 atom stereocenters. The van der Waals surface area contributed by atoms with Gasteiger partial charge in [0.05, 0.1) is 36.6 Å². The van der Waals surface area contributed by atoms with Crippen LogP contribution in [0.3, 0.4) is 0 Å². The number of methoxy groups -OCH3 is 1. The molecule has 1 aliphatic heterocycles. The Morgan fingerprint density at radius 1 is 1.09 bits per heavy atom. The van der Waals surface area contributed by atoms with E-state index in [1.807, 2.05) is 0 Å². The minimum Gasteiger partial charge on any atom is -0.497 e. The van der Waals surface area contributed by atoms with E-state index in [9.17, 15) is 18.0 Å². The first-order valence-electron chi connectivity index (χ1n) is 9.99. The van der Waals surface area contributed by atoms with Crippen LogP contribution in [0.5, 0.6) is 11.5 Å². The number of nitrogens with one attached hydrogen (secondary N) is 2. The molecule has 0 aliphatic carbocycles. The maximum absolute atomic E-state index is 15.2. The lowest BCUT2D eigenvalue weighted by Gasteiger charge is -2.27. The molecule has 2 N–H and O–H groups in total. The number of carbonyl (C=O) groups is 1. The van der Waals surface area contributed by atoms with Gasteiger partial charge in [-0.05, 0) is 12.1 Å². The molecule has 0 bridgehead atoms. The molecule has 1 fully saturated rings. The Balaban J connectivity index is 1.64. The summed E-state index contributed by atoms with van der Waals surface area (Å²) in [7, 11) is 1.19. The van der Waals surface area contributed by atoms with Crippen molar-refractivity contribution in [3.05, 3.63) is 71.6 Å². The lowest BCUT2D eigenvalue weighted by atomic mass is 9.99. The van der Waals surface area contributed by atoms with E-state index in [4.69, 9.17) is 9.47 Å². The van der Waals surface area contributed by atoms with E-state index in [1.165, 1.54) is 25.6 Å². The van der Waals surface area contributed by atoms with E-state index in [-0.39, 0.29) is 11.4 Å². The topological polar surface area (TPSA) is 72.5 Å². The maximum atomic E-state index is 15.2. The molecule has 0 unspecified atom stereocenters. The van der Waals surface area contributed by atoms with Crippen LogP contribution in [0, 0.1) is 29.2 Å². The number of amides is 1. The minimum atomic E-state index is -1.41. The first-order valence-corrected chi connectivity index (χ1v) is 9.99. The summed E-state index contributed by atoms with van der Waals surface area (Å²) in [5.41, 5.74) is -2.39. The third kappa shape index (κ3) is 4.61. The van der Waals surface area contributed by atoms with Crippen molar-refractivity contribution < 1.29 is 31.8 Å². The number of rotatable bonds is 7. The largest absolute Gasteiger partial charge is 0.497 e. The molecule has 1 aliphatic rings. The second-order valence-corrected chi connectivity index (χ2v) is 7.41. The number of aromatic nitrogens is 1. The molecule has 10 heteroatoms. The zero-order chi connectivity index (χ0) is 23.5. The van der Waals surface area contributed by atoms with E-state index in [2.05, 4.69) is 15.6 Å². The second kappa shape index (κ2) is 9.45. The fraction of sp³-hybridized carbons (Fsp3) is 0.217. The van der Waals surface area contributed by atoms with Gasteiger partial charge in [0.15, 0.2) is 0 Å². The maximum Gasteiger partial charge on any atom is 0.258 e. The van der Waals surface area contributed by atoms with Crippen molar-refractivity contribution in [1.29, 1.82) is 0 Å². The van der Waals surface area contributed by atoms with Gasteiger partial charge in [0.1, 0.15) is 40.5 Å². The Labute approximate surface area is 186 Å². The highest BCUT2D eigenvalue weighted by molar-refractivity contribution is 6.06. The molecular weight excluding hydrogens is 442 g/mol. The molecule has 1 aromatic heterocycles. The van der Waals surface area contributed by atoms with Crippen molar-refractivity contribution in [3.8, 4) is 22.6 Å². The quantitative estimate of drug-likeness (QED) is 0.517. The molecule has 2 heterocycles. The van der Waals surface area contributed by atoms with Gasteiger partial charge in [0, 0.05) is 43.4 Å². The summed E-state index contributed by atoms with van der Waals surface area (Å²) in [6.45, 7) is 2.04. The van der Waals surface area contributed by atoms with Gasteiger partial charge in [0.25, 0.3) is 5.91 Å². The molecule has 1 saturated heterocycles. The lowest BCUT2D eigenvalue weighted by Crippen LogP contribution is -2.45. The summed E-state index contributed by atoms with van der Waals surface area (Å²) in [5.74, 6) is -5.61. The molecule has 0 saturated carbocycles. The molecule has 33 heavy (non-hydrogen) atoms. The molecular formula is C23H19F4N3O3. The molecule has 4 rings (SSSR count). The van der Waals surface area contributed by atoms with Crippen LogP contribution < -0.4 is 20.1 Å². The number of benzene rings is 2. The summed E-state index contributed by atoms with van der Waals surface area (Å²) in [5, 5.41) is 5.58. The smallest absolute Gasteiger partial charge is 0.258 e. The van der Waals surface area contributed by atoms with Crippen LogP contribution in [-0.4, -0.2) is 37.7 Å². The Kier molecular flexibility index (Phi) is 6.45. The van der Waals surface area contributed by atoms with Crippen LogP contribution in [-0.2, 0) is 0 Å². The van der Waals surface area contributed by atoms with Crippen molar-refractivity contribution in [2.24, 2.45) is 5.92 Å². The van der Waals surface area contributed by atoms with Crippen LogP contribution in [0.1, 0.15) is 10.4 Å². The predicted octanol–water partition coefficient (Wildman–Crippen LogP) is 4.16. The van der Waals surface area contributed by atoms with E-state index >= 15 is 4.39 Å².